The van der Waals surface area contributed by atoms with Gasteiger partial charge in [0, 0.05) is 24.7 Å². The Labute approximate surface area is 115 Å². The maximum atomic E-state index is 12.3. The van der Waals surface area contributed by atoms with Crippen molar-refractivity contribution in [3.63, 3.8) is 0 Å². The molecule has 1 saturated heterocycles. The van der Waals surface area contributed by atoms with Gasteiger partial charge in [-0.25, -0.2) is 4.98 Å². The summed E-state index contributed by atoms with van der Waals surface area (Å²) in [5.74, 6) is 0.0898. The molecule has 2 N–H and O–H groups in total. The number of likely N-dealkylation sites (N-methyl/N-ethyl adjacent to an activating group) is 1. The van der Waals surface area contributed by atoms with Crippen molar-refractivity contribution in [3.05, 3.63) is 23.8 Å². The number of nitrogen functional groups attached to an aromatic ring is 1. The van der Waals surface area contributed by atoms with Crippen LogP contribution in [0.2, 0.25) is 0 Å². The first-order valence-electron chi connectivity index (χ1n) is 6.16. The Kier molecular flexibility index (Phi) is 2.91. The van der Waals surface area contributed by atoms with Crippen molar-refractivity contribution in [1.29, 1.82) is 0 Å². The fourth-order valence-corrected chi connectivity index (χ4v) is 2.98. The van der Waals surface area contributed by atoms with Crippen LogP contribution in [-0.2, 0) is 0 Å². The molecule has 1 aliphatic heterocycles. The molecule has 3 rings (SSSR count). The number of carbonyl (C=O) groups excluding carboxylic acids is 1. The summed E-state index contributed by atoms with van der Waals surface area (Å²) in [6.07, 6.45) is 0. The molecule has 0 radical (unpaired) electrons. The molecular weight excluding hydrogens is 260 g/mol. The van der Waals surface area contributed by atoms with Gasteiger partial charge in [0.2, 0.25) is 0 Å². The van der Waals surface area contributed by atoms with Gasteiger partial charge in [0.25, 0.3) is 5.91 Å². The summed E-state index contributed by atoms with van der Waals surface area (Å²) in [5.41, 5.74) is 7.24. The molecule has 6 heteroatoms. The molecule has 2 heterocycles. The lowest BCUT2D eigenvalue weighted by Gasteiger charge is -2.42. The highest BCUT2D eigenvalue weighted by Gasteiger charge is 2.32. The number of nitrogens with zero attached hydrogens (tertiary/aromatic N) is 3. The Balaban J connectivity index is 1.79. The van der Waals surface area contributed by atoms with E-state index in [1.54, 1.807) is 0 Å². The number of thiazole rings is 1. The number of benzene rings is 1. The molecule has 0 spiro atoms. The zero-order valence-electron chi connectivity index (χ0n) is 11.0. The van der Waals surface area contributed by atoms with E-state index in [1.165, 1.54) is 11.3 Å². The Morgan fingerprint density at radius 1 is 1.47 bits per heavy atom. The van der Waals surface area contributed by atoms with Crippen molar-refractivity contribution in [3.8, 4) is 0 Å². The van der Waals surface area contributed by atoms with E-state index in [2.05, 4.69) is 9.88 Å². The topological polar surface area (TPSA) is 62.5 Å². The SMILES string of the molecule is CN(C)C1CN(C(=O)c2ccc3nc(N)sc3c2)C1. The normalized spacial score (nSPS) is 16.1. The predicted octanol–water partition coefficient (Wildman–Crippen LogP) is 1.26. The van der Waals surface area contributed by atoms with E-state index in [9.17, 15) is 4.79 Å². The van der Waals surface area contributed by atoms with Crippen molar-refractivity contribution in [2.45, 2.75) is 6.04 Å². The molecule has 100 valence electrons. The molecule has 0 atom stereocenters. The number of nitrogens with two attached hydrogens (primary N) is 1. The molecule has 0 saturated carbocycles. The Hall–Kier alpha value is -1.66. The van der Waals surface area contributed by atoms with Crippen LogP contribution in [0, 0.1) is 0 Å². The van der Waals surface area contributed by atoms with Crippen LogP contribution < -0.4 is 5.73 Å². The lowest BCUT2D eigenvalue weighted by Crippen LogP contribution is -2.59. The summed E-state index contributed by atoms with van der Waals surface area (Å²) < 4.78 is 0.966. The minimum Gasteiger partial charge on any atom is -0.375 e. The van der Waals surface area contributed by atoms with E-state index < -0.39 is 0 Å². The maximum absolute atomic E-state index is 12.3. The van der Waals surface area contributed by atoms with Gasteiger partial charge in [0.1, 0.15) is 0 Å². The number of aromatic nitrogens is 1. The standard InChI is InChI=1S/C13H16N4OS/c1-16(2)9-6-17(7-9)12(18)8-3-4-10-11(5-8)19-13(14)15-10/h3-5,9H,6-7H2,1-2H3,(H2,14,15). The summed E-state index contributed by atoms with van der Waals surface area (Å²) in [6.45, 7) is 1.60. The fraction of sp³-hybridized carbons (Fsp3) is 0.385. The number of hydrogen-bond acceptors (Lipinski definition) is 5. The zero-order chi connectivity index (χ0) is 13.6. The molecule has 0 unspecified atom stereocenters. The van der Waals surface area contributed by atoms with E-state index in [-0.39, 0.29) is 5.91 Å². The van der Waals surface area contributed by atoms with Crippen LogP contribution in [0.3, 0.4) is 0 Å². The van der Waals surface area contributed by atoms with Gasteiger partial charge in [-0.05, 0) is 32.3 Å². The summed E-state index contributed by atoms with van der Waals surface area (Å²) >= 11 is 1.41. The average Bonchev–Trinajstić information content (AvgIpc) is 2.65. The number of likely N-dealkylation sites (tertiary alicyclic amines) is 1. The second kappa shape index (κ2) is 4.47. The molecular formula is C13H16N4OS. The maximum Gasteiger partial charge on any atom is 0.254 e. The summed E-state index contributed by atoms with van der Waals surface area (Å²) in [7, 11) is 4.08. The van der Waals surface area contributed by atoms with E-state index >= 15 is 0 Å². The minimum absolute atomic E-state index is 0.0898. The Morgan fingerprint density at radius 2 is 2.21 bits per heavy atom. The lowest BCUT2D eigenvalue weighted by molar-refractivity contribution is 0.0399. The van der Waals surface area contributed by atoms with E-state index in [0.29, 0.717) is 16.7 Å². The van der Waals surface area contributed by atoms with Crippen molar-refractivity contribution < 1.29 is 4.79 Å². The smallest absolute Gasteiger partial charge is 0.254 e. The summed E-state index contributed by atoms with van der Waals surface area (Å²) in [6, 6.07) is 6.05. The molecule has 0 bridgehead atoms. The average molecular weight is 276 g/mol. The first kappa shape index (κ1) is 12.4. The van der Waals surface area contributed by atoms with E-state index in [0.717, 1.165) is 23.3 Å². The van der Waals surface area contributed by atoms with Gasteiger partial charge in [-0.2, -0.15) is 0 Å². The molecule has 1 aliphatic rings. The van der Waals surface area contributed by atoms with Gasteiger partial charge < -0.3 is 15.5 Å². The van der Waals surface area contributed by atoms with Gasteiger partial charge in [-0.1, -0.05) is 11.3 Å². The van der Waals surface area contributed by atoms with Gasteiger partial charge in [-0.15, -0.1) is 0 Å². The van der Waals surface area contributed by atoms with Gasteiger partial charge in [0.05, 0.1) is 10.2 Å². The van der Waals surface area contributed by atoms with Crippen LogP contribution in [0.25, 0.3) is 10.2 Å². The first-order valence-corrected chi connectivity index (χ1v) is 6.98. The molecule has 1 aromatic carbocycles. The van der Waals surface area contributed by atoms with Crippen LogP contribution in [0.5, 0.6) is 0 Å². The largest absolute Gasteiger partial charge is 0.375 e. The Morgan fingerprint density at radius 3 is 2.89 bits per heavy atom. The number of anilines is 1. The number of rotatable bonds is 2. The molecule has 19 heavy (non-hydrogen) atoms. The minimum atomic E-state index is 0.0898. The fourth-order valence-electron chi connectivity index (χ4n) is 2.21. The highest BCUT2D eigenvalue weighted by Crippen LogP contribution is 2.26. The molecule has 0 aliphatic carbocycles. The van der Waals surface area contributed by atoms with Gasteiger partial charge in [0.15, 0.2) is 5.13 Å². The predicted molar refractivity (Wildman–Crippen MR) is 77.4 cm³/mol. The third-order valence-corrected chi connectivity index (χ3v) is 4.38. The number of fused-ring (bicyclic) bond motifs is 1. The van der Waals surface area contributed by atoms with Crippen LogP contribution >= 0.6 is 11.3 Å². The van der Waals surface area contributed by atoms with Crippen LogP contribution in [0.4, 0.5) is 5.13 Å². The Bertz CT molecular complexity index is 631. The van der Waals surface area contributed by atoms with Crippen LogP contribution in [0.15, 0.2) is 18.2 Å². The zero-order valence-corrected chi connectivity index (χ0v) is 11.8. The highest BCUT2D eigenvalue weighted by atomic mass is 32.1. The molecule has 2 aromatic rings. The van der Waals surface area contributed by atoms with E-state index in [1.807, 2.05) is 37.2 Å². The summed E-state index contributed by atoms with van der Waals surface area (Å²) in [5, 5.41) is 0.538. The van der Waals surface area contributed by atoms with Crippen molar-refractivity contribution >= 4 is 32.6 Å². The first-order chi connectivity index (χ1) is 9.04. The number of amides is 1. The van der Waals surface area contributed by atoms with Crippen molar-refractivity contribution in [2.75, 3.05) is 32.9 Å². The molecule has 5 nitrogen and oxygen atoms in total. The van der Waals surface area contributed by atoms with Crippen LogP contribution in [-0.4, -0.2) is 53.9 Å². The number of carbonyl (C=O) groups is 1. The highest BCUT2D eigenvalue weighted by molar-refractivity contribution is 7.22. The third-order valence-electron chi connectivity index (χ3n) is 3.53. The second-order valence-corrected chi connectivity index (χ2v) is 6.12. The number of hydrogen-bond donors (Lipinski definition) is 1. The summed E-state index contributed by atoms with van der Waals surface area (Å²) in [4.78, 5) is 20.5. The lowest BCUT2D eigenvalue weighted by atomic mass is 10.1. The monoisotopic (exact) mass is 276 g/mol. The van der Waals surface area contributed by atoms with Crippen molar-refractivity contribution in [1.82, 2.24) is 14.8 Å². The van der Waals surface area contributed by atoms with E-state index in [4.69, 9.17) is 5.73 Å². The quantitative estimate of drug-likeness (QED) is 0.897. The molecule has 1 aromatic heterocycles. The second-order valence-electron chi connectivity index (χ2n) is 5.06. The van der Waals surface area contributed by atoms with Gasteiger partial charge in [-0.3, -0.25) is 4.79 Å². The molecule has 1 amide bonds. The van der Waals surface area contributed by atoms with Crippen LogP contribution in [0.1, 0.15) is 10.4 Å². The van der Waals surface area contributed by atoms with Crippen molar-refractivity contribution in [2.24, 2.45) is 0 Å². The molecule has 1 fully saturated rings. The third kappa shape index (κ3) is 2.17. The van der Waals surface area contributed by atoms with Gasteiger partial charge >= 0.3 is 0 Å².